The highest BCUT2D eigenvalue weighted by Crippen LogP contribution is 2.38. The van der Waals surface area contributed by atoms with Crippen molar-refractivity contribution in [2.45, 2.75) is 25.7 Å². The maximum absolute atomic E-state index is 12.9. The number of aromatic nitrogens is 1. The minimum absolute atomic E-state index is 0.0168. The normalized spacial score (nSPS) is 13.7. The number of aryl methyl sites for hydroxylation is 3. The third kappa shape index (κ3) is 3.66. The summed E-state index contributed by atoms with van der Waals surface area (Å²) in [7, 11) is -2.05. The molecule has 1 aliphatic heterocycles. The molecule has 0 unspecified atom stereocenters. The maximum atomic E-state index is 12.9. The van der Waals surface area contributed by atoms with E-state index in [1.165, 1.54) is 11.3 Å². The summed E-state index contributed by atoms with van der Waals surface area (Å²) in [6, 6.07) is 10.7. The topological polar surface area (TPSA) is 88.6 Å². The van der Waals surface area contributed by atoms with Gasteiger partial charge in [-0.1, -0.05) is 17.7 Å². The molecule has 0 aliphatic carbocycles. The Labute approximate surface area is 179 Å². The lowest BCUT2D eigenvalue weighted by Crippen LogP contribution is -2.35. The van der Waals surface area contributed by atoms with Crippen LogP contribution in [0.15, 0.2) is 41.3 Å². The average Bonchev–Trinajstić information content (AvgIpc) is 3.03. The summed E-state index contributed by atoms with van der Waals surface area (Å²) in [5.74, 6) is 0.501. The molecule has 0 spiro atoms. The summed E-state index contributed by atoms with van der Waals surface area (Å²) in [5, 5.41) is 0.292. The van der Waals surface area contributed by atoms with Crippen LogP contribution in [0.4, 0.5) is 10.8 Å². The predicted molar refractivity (Wildman–Crippen MR) is 118 cm³/mol. The minimum atomic E-state index is -3.75. The van der Waals surface area contributed by atoms with Crippen LogP contribution in [0.25, 0.3) is 11.3 Å². The van der Waals surface area contributed by atoms with Crippen molar-refractivity contribution in [1.82, 2.24) is 4.98 Å². The molecule has 0 atom stereocenters. The van der Waals surface area contributed by atoms with Gasteiger partial charge in [0.05, 0.1) is 16.3 Å². The van der Waals surface area contributed by atoms with Crippen LogP contribution >= 0.6 is 11.3 Å². The molecule has 1 amide bonds. The molecule has 1 aromatic heterocycles. The van der Waals surface area contributed by atoms with Crippen molar-refractivity contribution in [2.75, 3.05) is 23.3 Å². The van der Waals surface area contributed by atoms with Crippen LogP contribution in [0.3, 0.4) is 0 Å². The number of hydrogen-bond donors (Lipinski definition) is 1. The molecule has 0 radical (unpaired) electrons. The Morgan fingerprint density at radius 2 is 1.90 bits per heavy atom. The van der Waals surface area contributed by atoms with Gasteiger partial charge >= 0.3 is 0 Å². The number of thiazole rings is 1. The van der Waals surface area contributed by atoms with Crippen LogP contribution in [0.5, 0.6) is 5.75 Å². The smallest absolute Gasteiger partial charge is 0.264 e. The third-order valence-corrected chi connectivity index (χ3v) is 7.47. The Morgan fingerprint density at radius 3 is 2.63 bits per heavy atom. The van der Waals surface area contributed by atoms with E-state index in [9.17, 15) is 13.2 Å². The van der Waals surface area contributed by atoms with Crippen molar-refractivity contribution in [3.63, 3.8) is 0 Å². The molecular weight excluding hydrogens is 422 g/mol. The number of amides is 1. The Morgan fingerprint density at radius 1 is 1.13 bits per heavy atom. The number of nitrogens with one attached hydrogen (secondary N) is 1. The molecule has 2 heterocycles. The number of likely N-dealkylation sites (N-methyl/N-ethyl adjacent to an activating group) is 1. The maximum Gasteiger partial charge on any atom is 0.264 e. The first-order chi connectivity index (χ1) is 14.2. The summed E-state index contributed by atoms with van der Waals surface area (Å²) in [6.45, 7) is 5.59. The molecule has 1 aliphatic rings. The summed E-state index contributed by atoms with van der Waals surface area (Å²) >= 11 is 1.27. The third-order valence-electron chi connectivity index (χ3n) is 4.96. The van der Waals surface area contributed by atoms with Gasteiger partial charge in [0, 0.05) is 17.5 Å². The first-order valence-corrected chi connectivity index (χ1v) is 11.6. The largest absolute Gasteiger partial charge is 0.482 e. The van der Waals surface area contributed by atoms with E-state index in [0.717, 1.165) is 16.0 Å². The SMILES string of the molecule is Cc1ccc(S(=O)(=O)Nc2nc(-c3ccc4c(c3)N(C)C(=O)CO4)c(C)s2)c(C)c1. The molecule has 156 valence electrons. The molecule has 1 N–H and O–H groups in total. The van der Waals surface area contributed by atoms with E-state index >= 15 is 0 Å². The summed E-state index contributed by atoms with van der Waals surface area (Å²) in [4.78, 5) is 19.1. The van der Waals surface area contributed by atoms with Crippen molar-refractivity contribution in [1.29, 1.82) is 0 Å². The lowest BCUT2D eigenvalue weighted by molar-refractivity contribution is -0.120. The quantitative estimate of drug-likeness (QED) is 0.661. The van der Waals surface area contributed by atoms with Crippen LogP contribution in [-0.4, -0.2) is 33.0 Å². The lowest BCUT2D eigenvalue weighted by atomic mass is 10.1. The standard InChI is InChI=1S/C21H21N3O4S2/c1-12-5-8-18(13(2)9-12)30(26,27)23-21-22-20(14(3)29-21)15-6-7-17-16(10-15)24(4)19(25)11-28-17/h5-10H,11H2,1-4H3,(H,22,23). The summed E-state index contributed by atoms with van der Waals surface area (Å²) < 4.78 is 33.8. The molecule has 9 heteroatoms. The number of carbonyl (C=O) groups is 1. The van der Waals surface area contributed by atoms with E-state index in [-0.39, 0.29) is 17.4 Å². The number of sulfonamides is 1. The van der Waals surface area contributed by atoms with E-state index in [2.05, 4.69) is 9.71 Å². The molecule has 0 saturated heterocycles. The minimum Gasteiger partial charge on any atom is -0.482 e. The van der Waals surface area contributed by atoms with Gasteiger partial charge in [-0.2, -0.15) is 0 Å². The number of benzene rings is 2. The zero-order valence-corrected chi connectivity index (χ0v) is 18.6. The van der Waals surface area contributed by atoms with Gasteiger partial charge in [0.2, 0.25) is 0 Å². The first-order valence-electron chi connectivity index (χ1n) is 9.27. The monoisotopic (exact) mass is 443 g/mol. The van der Waals surface area contributed by atoms with Gasteiger partial charge in [-0.3, -0.25) is 9.52 Å². The van der Waals surface area contributed by atoms with Gasteiger partial charge in [-0.05, 0) is 50.6 Å². The predicted octanol–water partition coefficient (Wildman–Crippen LogP) is 3.89. The van der Waals surface area contributed by atoms with Crippen molar-refractivity contribution < 1.29 is 17.9 Å². The van der Waals surface area contributed by atoms with Crippen molar-refractivity contribution in [2.24, 2.45) is 0 Å². The van der Waals surface area contributed by atoms with E-state index < -0.39 is 10.0 Å². The molecule has 7 nitrogen and oxygen atoms in total. The highest BCUT2D eigenvalue weighted by Gasteiger charge is 2.24. The number of anilines is 2. The second-order valence-corrected chi connectivity index (χ2v) is 10.1. The Kier molecular flexibility index (Phi) is 5.03. The van der Waals surface area contributed by atoms with Crippen molar-refractivity contribution in [3.05, 3.63) is 52.4 Å². The fraction of sp³-hybridized carbons (Fsp3) is 0.238. The number of carbonyl (C=O) groups excluding carboxylic acids is 1. The van der Waals surface area contributed by atoms with Crippen LogP contribution < -0.4 is 14.4 Å². The second kappa shape index (κ2) is 7.41. The second-order valence-electron chi connectivity index (χ2n) is 7.22. The van der Waals surface area contributed by atoms with Crippen LogP contribution in [0, 0.1) is 20.8 Å². The molecule has 0 bridgehead atoms. The first kappa shape index (κ1) is 20.4. The molecule has 0 fully saturated rings. The van der Waals surface area contributed by atoms with Crippen LogP contribution in [0.2, 0.25) is 0 Å². The van der Waals surface area contributed by atoms with E-state index in [0.29, 0.717) is 27.8 Å². The van der Waals surface area contributed by atoms with E-state index in [1.807, 2.05) is 32.0 Å². The highest BCUT2D eigenvalue weighted by atomic mass is 32.2. The number of ether oxygens (including phenoxy) is 1. The number of nitrogens with zero attached hydrogens (tertiary/aromatic N) is 2. The zero-order chi connectivity index (χ0) is 21.6. The molecule has 3 aromatic rings. The van der Waals surface area contributed by atoms with Crippen LogP contribution in [0.1, 0.15) is 16.0 Å². The van der Waals surface area contributed by atoms with Gasteiger partial charge in [0.1, 0.15) is 5.75 Å². The number of fused-ring (bicyclic) bond motifs is 1. The Hall–Kier alpha value is -2.91. The molecule has 0 saturated carbocycles. The fourth-order valence-electron chi connectivity index (χ4n) is 3.40. The van der Waals surface area contributed by atoms with E-state index in [4.69, 9.17) is 4.74 Å². The molecular formula is C21H21N3O4S2. The van der Waals surface area contributed by atoms with E-state index in [1.54, 1.807) is 37.1 Å². The van der Waals surface area contributed by atoms with Gasteiger partial charge in [0.25, 0.3) is 15.9 Å². The number of rotatable bonds is 4. The summed E-state index contributed by atoms with van der Waals surface area (Å²) in [6.07, 6.45) is 0. The van der Waals surface area contributed by atoms with Gasteiger partial charge in [0.15, 0.2) is 11.7 Å². The molecule has 4 rings (SSSR count). The van der Waals surface area contributed by atoms with Crippen LogP contribution in [-0.2, 0) is 14.8 Å². The molecule has 30 heavy (non-hydrogen) atoms. The highest BCUT2D eigenvalue weighted by molar-refractivity contribution is 7.93. The zero-order valence-electron chi connectivity index (χ0n) is 17.0. The van der Waals surface area contributed by atoms with Crippen molar-refractivity contribution in [3.8, 4) is 17.0 Å². The van der Waals surface area contributed by atoms with Crippen molar-refractivity contribution >= 4 is 38.1 Å². The fourth-order valence-corrected chi connectivity index (χ4v) is 5.70. The van der Waals surface area contributed by atoms with Gasteiger partial charge < -0.3 is 9.64 Å². The summed E-state index contributed by atoms with van der Waals surface area (Å²) in [5.41, 5.74) is 3.78. The number of hydrogen-bond acceptors (Lipinski definition) is 6. The van der Waals surface area contributed by atoms with Gasteiger partial charge in [-0.25, -0.2) is 13.4 Å². The Balaban J connectivity index is 1.67. The lowest BCUT2D eigenvalue weighted by Gasteiger charge is -2.26. The molecule has 2 aromatic carbocycles. The Bertz CT molecular complexity index is 1270. The van der Waals surface area contributed by atoms with Gasteiger partial charge in [-0.15, -0.1) is 11.3 Å². The average molecular weight is 444 g/mol.